The minimum absolute atomic E-state index is 0.0142. The predicted molar refractivity (Wildman–Crippen MR) is 203 cm³/mol. The van der Waals surface area contributed by atoms with Gasteiger partial charge in [-0.05, 0) is 79.5 Å². The molecule has 3 heterocycles. The van der Waals surface area contributed by atoms with Crippen LogP contribution in [0.3, 0.4) is 0 Å². The molecule has 0 fully saturated rings. The number of imidazole rings is 2. The molecule has 268 valence electrons. The second kappa shape index (κ2) is 15.6. The van der Waals surface area contributed by atoms with Crippen LogP contribution >= 0.6 is 12.6 Å². The zero-order valence-electron chi connectivity index (χ0n) is 30.0. The summed E-state index contributed by atoms with van der Waals surface area (Å²) in [5.41, 5.74) is 6.79. The largest absolute Gasteiger partial charge is 0.488 e. The predicted octanol–water partition coefficient (Wildman–Crippen LogP) is 6.76. The van der Waals surface area contributed by atoms with Gasteiger partial charge in [0, 0.05) is 34.7 Å². The highest BCUT2D eigenvalue weighted by Crippen LogP contribution is 2.42. The molecule has 3 N–H and O–H groups in total. The van der Waals surface area contributed by atoms with Gasteiger partial charge in [-0.25, -0.2) is 9.97 Å². The highest BCUT2D eigenvalue weighted by Gasteiger charge is 2.25. The Hall–Kier alpha value is -4.84. The zero-order valence-corrected chi connectivity index (χ0v) is 30.8. The minimum atomic E-state index is -0.159. The molecule has 1 aliphatic heterocycles. The van der Waals surface area contributed by atoms with E-state index in [-0.39, 0.29) is 35.7 Å². The van der Waals surface area contributed by atoms with E-state index in [1.54, 1.807) is 4.90 Å². The number of rotatable bonds is 15. The molecule has 3 atom stereocenters. The van der Waals surface area contributed by atoms with Crippen molar-refractivity contribution in [2.45, 2.75) is 97.3 Å². The molecule has 12 heteroatoms. The fourth-order valence-corrected chi connectivity index (χ4v) is 6.76. The molecule has 0 radical (unpaired) electrons. The van der Waals surface area contributed by atoms with Crippen LogP contribution in [0.4, 0.5) is 0 Å². The van der Waals surface area contributed by atoms with Crippen molar-refractivity contribution in [3.05, 3.63) is 65.9 Å². The summed E-state index contributed by atoms with van der Waals surface area (Å²) in [5, 5.41) is 4.52. The number of nitrogens with zero attached hydrogens (tertiary/aromatic N) is 4. The average molecular weight is 710 g/mol. The van der Waals surface area contributed by atoms with Crippen molar-refractivity contribution in [3.8, 4) is 28.1 Å². The molecule has 0 saturated carbocycles. The lowest BCUT2D eigenvalue weighted by atomic mass is 9.92. The SMILES string of the molecule is CC[C@H](S)CC(=O)N(Cc1ncc(-c2ccc3c(c2)COc2cc4c(ccc5[nH]c(CN(C(=O)CNC=O)[C@@H](C)CC)nc54)cc2-3)[nH]1)[C@@H](C)CC. The maximum absolute atomic E-state index is 13.1. The van der Waals surface area contributed by atoms with Crippen LogP contribution in [0.15, 0.2) is 48.7 Å². The second-order valence-corrected chi connectivity index (χ2v) is 14.2. The normalized spacial score (nSPS) is 13.9. The van der Waals surface area contributed by atoms with Crippen LogP contribution in [0.25, 0.3) is 44.2 Å². The Kier molecular flexibility index (Phi) is 11.0. The number of hydrogen-bond donors (Lipinski definition) is 4. The number of amides is 3. The number of H-pyrrole nitrogens is 2. The lowest BCUT2D eigenvalue weighted by molar-refractivity contribution is -0.134. The van der Waals surface area contributed by atoms with Crippen LogP contribution in [-0.4, -0.2) is 71.8 Å². The minimum Gasteiger partial charge on any atom is -0.488 e. The summed E-state index contributed by atoms with van der Waals surface area (Å²) in [4.78, 5) is 56.8. The van der Waals surface area contributed by atoms with Crippen molar-refractivity contribution in [1.82, 2.24) is 35.1 Å². The molecule has 0 unspecified atom stereocenters. The third-order valence-corrected chi connectivity index (χ3v) is 10.6. The first-order valence-corrected chi connectivity index (χ1v) is 18.3. The van der Waals surface area contributed by atoms with E-state index in [9.17, 15) is 14.4 Å². The smallest absolute Gasteiger partial charge is 0.242 e. The lowest BCUT2D eigenvalue weighted by Gasteiger charge is -2.28. The van der Waals surface area contributed by atoms with Gasteiger partial charge in [0.25, 0.3) is 0 Å². The maximum Gasteiger partial charge on any atom is 0.242 e. The molecule has 1 aliphatic rings. The van der Waals surface area contributed by atoms with E-state index < -0.39 is 0 Å². The van der Waals surface area contributed by atoms with Gasteiger partial charge < -0.3 is 29.8 Å². The molecule has 11 nitrogen and oxygen atoms in total. The Bertz CT molecular complexity index is 2060. The molecule has 6 rings (SSSR count). The van der Waals surface area contributed by atoms with E-state index in [4.69, 9.17) is 9.72 Å². The number of thiol groups is 1. The molecule has 51 heavy (non-hydrogen) atoms. The number of ether oxygens (including phenoxy) is 1. The number of aromatic nitrogens is 4. The maximum atomic E-state index is 13.1. The van der Waals surface area contributed by atoms with Crippen molar-refractivity contribution in [3.63, 3.8) is 0 Å². The quantitative estimate of drug-likeness (QED) is 0.0701. The summed E-state index contributed by atoms with van der Waals surface area (Å²) in [7, 11) is 0. The molecule has 0 bridgehead atoms. The molecule has 5 aromatic rings. The van der Waals surface area contributed by atoms with E-state index in [1.165, 1.54) is 0 Å². The van der Waals surface area contributed by atoms with Crippen LogP contribution in [0.5, 0.6) is 5.75 Å². The zero-order chi connectivity index (χ0) is 36.2. The number of benzene rings is 3. The summed E-state index contributed by atoms with van der Waals surface area (Å²) in [6.45, 7) is 11.3. The molecule has 3 aromatic carbocycles. The van der Waals surface area contributed by atoms with Gasteiger partial charge in [-0.2, -0.15) is 12.6 Å². The molecule has 0 saturated heterocycles. The van der Waals surface area contributed by atoms with Gasteiger partial charge in [0.1, 0.15) is 24.0 Å². The van der Waals surface area contributed by atoms with Gasteiger partial charge in [-0.1, -0.05) is 39.0 Å². The fourth-order valence-electron chi connectivity index (χ4n) is 6.61. The first-order chi connectivity index (χ1) is 24.6. The monoisotopic (exact) mass is 709 g/mol. The number of carbonyl (C=O) groups excluding carboxylic acids is 3. The molecule has 0 spiro atoms. The summed E-state index contributed by atoms with van der Waals surface area (Å²) in [6.07, 6.45) is 5.27. The highest BCUT2D eigenvalue weighted by atomic mass is 32.1. The molecule has 2 aromatic heterocycles. The van der Waals surface area contributed by atoms with Crippen LogP contribution in [0.2, 0.25) is 0 Å². The number of fused-ring (bicyclic) bond motifs is 6. The van der Waals surface area contributed by atoms with Crippen LogP contribution in [0.1, 0.15) is 77.5 Å². The van der Waals surface area contributed by atoms with Crippen LogP contribution < -0.4 is 10.1 Å². The van der Waals surface area contributed by atoms with Gasteiger partial charge in [-0.3, -0.25) is 14.4 Å². The van der Waals surface area contributed by atoms with E-state index in [0.29, 0.717) is 38.4 Å². The van der Waals surface area contributed by atoms with E-state index in [1.807, 2.05) is 37.9 Å². The Morgan fingerprint density at radius 3 is 2.41 bits per heavy atom. The first kappa shape index (κ1) is 36.0. The van der Waals surface area contributed by atoms with Crippen LogP contribution in [0, 0.1) is 0 Å². The van der Waals surface area contributed by atoms with Crippen molar-refractivity contribution in [2.75, 3.05) is 6.54 Å². The van der Waals surface area contributed by atoms with Gasteiger partial charge >= 0.3 is 0 Å². The van der Waals surface area contributed by atoms with Crippen molar-refractivity contribution in [2.24, 2.45) is 0 Å². The Balaban J connectivity index is 1.24. The van der Waals surface area contributed by atoms with Crippen molar-refractivity contribution in [1.29, 1.82) is 0 Å². The number of aromatic amines is 2. The van der Waals surface area contributed by atoms with Gasteiger partial charge in [0.2, 0.25) is 18.2 Å². The third kappa shape index (κ3) is 7.61. The van der Waals surface area contributed by atoms with E-state index in [0.717, 1.165) is 80.6 Å². The molecular formula is C39H47N7O4S. The average Bonchev–Trinajstić information content (AvgIpc) is 3.80. The number of hydrogen-bond acceptors (Lipinski definition) is 7. The summed E-state index contributed by atoms with van der Waals surface area (Å²) >= 11 is 4.56. The fraction of sp³-hybridized carbons (Fsp3) is 0.410. The molecule has 0 aliphatic carbocycles. The summed E-state index contributed by atoms with van der Waals surface area (Å²) in [6, 6.07) is 14.8. The van der Waals surface area contributed by atoms with E-state index in [2.05, 4.69) is 83.1 Å². The number of nitrogens with one attached hydrogen (secondary N) is 3. The second-order valence-electron chi connectivity index (χ2n) is 13.4. The van der Waals surface area contributed by atoms with Gasteiger partial charge in [0.05, 0.1) is 42.6 Å². The number of carbonyl (C=O) groups is 3. The Labute approximate surface area is 304 Å². The summed E-state index contributed by atoms with van der Waals surface area (Å²) < 4.78 is 6.35. The van der Waals surface area contributed by atoms with Crippen molar-refractivity contribution < 1.29 is 19.1 Å². The molecular weight excluding hydrogens is 663 g/mol. The first-order valence-electron chi connectivity index (χ1n) is 17.8. The van der Waals surface area contributed by atoms with Gasteiger partial charge in [0.15, 0.2) is 0 Å². The molecule has 3 amide bonds. The topological polar surface area (TPSA) is 136 Å². The highest BCUT2D eigenvalue weighted by molar-refractivity contribution is 7.81. The standard InChI is InChI=1S/C39H47N7O4S/c1-6-23(4)45(37(48)15-28(51)8-3)19-35-41-17-33(43-35)26-9-11-29-27(13-26)21-50-34-16-30-25(14-31(29)34)10-12-32-39(30)44-36(42-32)20-46(24(5)7-2)38(49)18-40-22-47/h9-14,16-17,22-24,28,51H,6-8,15,18-21H2,1-5H3,(H,40,47)(H,41,43)(H,42,44)/t23-,24-,28-/m0/s1. The Morgan fingerprint density at radius 1 is 0.941 bits per heavy atom. The summed E-state index contributed by atoms with van der Waals surface area (Å²) in [5.74, 6) is 2.16. The lowest BCUT2D eigenvalue weighted by Crippen LogP contribution is -2.42. The Morgan fingerprint density at radius 2 is 1.69 bits per heavy atom. The van der Waals surface area contributed by atoms with E-state index >= 15 is 0 Å². The van der Waals surface area contributed by atoms with Crippen LogP contribution in [-0.2, 0) is 34.1 Å². The van der Waals surface area contributed by atoms with Crippen molar-refractivity contribution >= 4 is 52.7 Å². The third-order valence-electron chi connectivity index (χ3n) is 10.1. The van der Waals surface area contributed by atoms with Gasteiger partial charge in [-0.15, -0.1) is 0 Å².